The van der Waals surface area contributed by atoms with E-state index in [1.807, 2.05) is 0 Å². The van der Waals surface area contributed by atoms with Crippen molar-refractivity contribution in [2.24, 2.45) is 0 Å². The first-order chi connectivity index (χ1) is 4.73. The van der Waals surface area contributed by atoms with Gasteiger partial charge in [-0.15, -0.1) is 0 Å². The van der Waals surface area contributed by atoms with Crippen LogP contribution in [0.5, 0.6) is 0 Å². The van der Waals surface area contributed by atoms with E-state index >= 15 is 0 Å². The minimum Gasteiger partial charge on any atom is -0.481 e. The molecule has 0 amide bonds. The molecule has 1 fully saturated rings. The molecular weight excluding hydrogens is 167 g/mol. The maximum Gasteiger partial charge on any atom is 1.00 e. The molecule has 1 aliphatic carbocycles. The number of carboxylic acids is 1. The van der Waals surface area contributed by atoms with Crippen LogP contribution < -0.4 is 51.4 Å². The minimum absolute atomic E-state index is 0. The second-order valence-corrected chi connectivity index (χ2v) is 2.45. The van der Waals surface area contributed by atoms with Crippen molar-refractivity contribution < 1.29 is 61.3 Å². The molecule has 0 radical (unpaired) electrons. The van der Waals surface area contributed by atoms with Crippen LogP contribution in [0, 0.1) is 6.42 Å². The molecule has 1 rings (SSSR count). The fourth-order valence-electron chi connectivity index (χ4n) is 0.898. The van der Waals surface area contributed by atoms with E-state index in [4.69, 9.17) is 9.90 Å². The summed E-state index contributed by atoms with van der Waals surface area (Å²) in [7, 11) is 0. The Morgan fingerprint density at radius 2 is 1.64 bits per heavy atom. The molecule has 1 N–H and O–H groups in total. The Morgan fingerprint density at radius 3 is 1.73 bits per heavy atom. The number of rotatable bonds is 0. The molecular formula is C8H15KO2. The molecule has 11 heavy (non-hydrogen) atoms. The maximum absolute atomic E-state index is 9.00. The molecule has 60 valence electrons. The van der Waals surface area contributed by atoms with Gasteiger partial charge in [0.1, 0.15) is 0 Å². The van der Waals surface area contributed by atoms with Crippen molar-refractivity contribution in [2.75, 3.05) is 0 Å². The Hall–Kier alpha value is 1.11. The third-order valence-electron chi connectivity index (χ3n) is 1.32. The summed E-state index contributed by atoms with van der Waals surface area (Å²) in [5, 5.41) is 7.42. The van der Waals surface area contributed by atoms with Crippen molar-refractivity contribution in [1.82, 2.24) is 0 Å². The fraction of sp³-hybridized carbons (Fsp3) is 0.750. The molecule has 0 atom stereocenters. The summed E-state index contributed by atoms with van der Waals surface area (Å²) < 4.78 is 0. The summed E-state index contributed by atoms with van der Waals surface area (Å²) in [6.45, 7) is 1.08. The zero-order valence-electron chi connectivity index (χ0n) is 7.47. The van der Waals surface area contributed by atoms with Gasteiger partial charge in [-0.3, -0.25) is 4.79 Å². The average Bonchev–Trinajstić information content (AvgIpc) is 1.90. The molecule has 0 bridgehead atoms. The first-order valence-electron chi connectivity index (χ1n) is 3.74. The molecule has 2 nitrogen and oxygen atoms in total. The zero-order chi connectivity index (χ0) is 7.82. The molecule has 0 aromatic heterocycles. The maximum atomic E-state index is 9.00. The van der Waals surface area contributed by atoms with E-state index in [1.54, 1.807) is 0 Å². The van der Waals surface area contributed by atoms with Gasteiger partial charge < -0.3 is 11.5 Å². The predicted octanol–water partition coefficient (Wildman–Crippen LogP) is -0.750. The number of carbonyl (C=O) groups is 1. The van der Waals surface area contributed by atoms with Crippen LogP contribution in [-0.4, -0.2) is 11.1 Å². The molecule has 0 aliphatic heterocycles. The van der Waals surface area contributed by atoms with E-state index in [1.165, 1.54) is 32.1 Å². The van der Waals surface area contributed by atoms with Crippen LogP contribution in [-0.2, 0) is 4.79 Å². The Labute approximate surface area is 111 Å². The standard InChI is InChI=1S/C6H11.C2H4O2.K/c1-2-4-6-5-3-1;1-2(3)4;/h1H,2-6H2;1H3,(H,3,4);/q-1;;+1. The van der Waals surface area contributed by atoms with Gasteiger partial charge in [0.2, 0.25) is 0 Å². The van der Waals surface area contributed by atoms with E-state index in [0.717, 1.165) is 6.92 Å². The molecule has 1 saturated carbocycles. The van der Waals surface area contributed by atoms with E-state index in [-0.39, 0.29) is 51.4 Å². The molecule has 3 heteroatoms. The second-order valence-electron chi connectivity index (χ2n) is 2.45. The molecule has 0 aromatic rings. The van der Waals surface area contributed by atoms with Gasteiger partial charge in [0.05, 0.1) is 0 Å². The van der Waals surface area contributed by atoms with Gasteiger partial charge in [-0.05, 0) is 0 Å². The van der Waals surface area contributed by atoms with E-state index < -0.39 is 5.97 Å². The summed E-state index contributed by atoms with van der Waals surface area (Å²) in [4.78, 5) is 9.00. The topological polar surface area (TPSA) is 37.3 Å². The van der Waals surface area contributed by atoms with Crippen LogP contribution in [0.25, 0.3) is 0 Å². The van der Waals surface area contributed by atoms with E-state index in [2.05, 4.69) is 6.42 Å². The molecule has 1 aliphatic rings. The van der Waals surface area contributed by atoms with Crippen molar-refractivity contribution in [1.29, 1.82) is 0 Å². The van der Waals surface area contributed by atoms with Gasteiger partial charge in [0.15, 0.2) is 0 Å². The SMILES string of the molecule is CC(=O)O.[CH-]1CCCCC1.[K+]. The van der Waals surface area contributed by atoms with Gasteiger partial charge in [-0.1, -0.05) is 19.3 Å². The van der Waals surface area contributed by atoms with Gasteiger partial charge in [-0.25, -0.2) is 0 Å². The van der Waals surface area contributed by atoms with E-state index in [9.17, 15) is 0 Å². The van der Waals surface area contributed by atoms with Crippen molar-refractivity contribution in [3.05, 3.63) is 6.42 Å². The summed E-state index contributed by atoms with van der Waals surface area (Å²) in [6, 6.07) is 0. The van der Waals surface area contributed by atoms with Gasteiger partial charge in [0.25, 0.3) is 5.97 Å². The van der Waals surface area contributed by atoms with Crippen molar-refractivity contribution in [3.63, 3.8) is 0 Å². The van der Waals surface area contributed by atoms with Gasteiger partial charge in [0, 0.05) is 6.92 Å². The summed E-state index contributed by atoms with van der Waals surface area (Å²) in [5.41, 5.74) is 0. The first kappa shape index (κ1) is 14.6. The third kappa shape index (κ3) is 18.2. The predicted molar refractivity (Wildman–Crippen MR) is 40.7 cm³/mol. The number of hydrogen-bond donors (Lipinski definition) is 1. The number of aliphatic carboxylic acids is 1. The van der Waals surface area contributed by atoms with Crippen LogP contribution in [0.2, 0.25) is 0 Å². The van der Waals surface area contributed by atoms with Gasteiger partial charge >= 0.3 is 51.4 Å². The zero-order valence-corrected chi connectivity index (χ0v) is 10.6. The fourth-order valence-corrected chi connectivity index (χ4v) is 0.898. The third-order valence-corrected chi connectivity index (χ3v) is 1.32. The Bertz CT molecular complexity index is 74.6. The smallest absolute Gasteiger partial charge is 0.481 e. The molecule has 0 spiro atoms. The molecule has 0 unspecified atom stereocenters. The summed E-state index contributed by atoms with van der Waals surface area (Å²) >= 11 is 0. The van der Waals surface area contributed by atoms with Crippen LogP contribution >= 0.6 is 0 Å². The largest absolute Gasteiger partial charge is 1.00 e. The van der Waals surface area contributed by atoms with Crippen molar-refractivity contribution in [3.8, 4) is 0 Å². The molecule has 0 aromatic carbocycles. The van der Waals surface area contributed by atoms with Gasteiger partial charge in [-0.2, -0.15) is 12.8 Å². The summed E-state index contributed by atoms with van der Waals surface area (Å²) in [6.07, 6.45) is 9.50. The number of carboxylic acid groups (broad SMARTS) is 1. The molecule has 0 saturated heterocycles. The monoisotopic (exact) mass is 182 g/mol. The normalized spacial score (nSPS) is 15.4. The van der Waals surface area contributed by atoms with Crippen molar-refractivity contribution in [2.45, 2.75) is 39.0 Å². The Kier molecular flexibility index (Phi) is 14.8. The van der Waals surface area contributed by atoms with Crippen molar-refractivity contribution >= 4 is 5.97 Å². The first-order valence-corrected chi connectivity index (χ1v) is 3.74. The Morgan fingerprint density at radius 1 is 1.27 bits per heavy atom. The van der Waals surface area contributed by atoms with Crippen LogP contribution in [0.3, 0.4) is 0 Å². The average molecular weight is 182 g/mol. The number of hydrogen-bond acceptors (Lipinski definition) is 1. The van der Waals surface area contributed by atoms with Crippen LogP contribution in [0.4, 0.5) is 0 Å². The quantitative estimate of drug-likeness (QED) is 0.395. The van der Waals surface area contributed by atoms with Crippen LogP contribution in [0.15, 0.2) is 0 Å². The van der Waals surface area contributed by atoms with E-state index in [0.29, 0.717) is 0 Å². The minimum atomic E-state index is -0.833. The second kappa shape index (κ2) is 11.1. The molecule has 0 heterocycles. The summed E-state index contributed by atoms with van der Waals surface area (Å²) in [5.74, 6) is -0.833. The van der Waals surface area contributed by atoms with Crippen LogP contribution in [0.1, 0.15) is 39.0 Å². The Balaban J connectivity index is 0.